The smallest absolute Gasteiger partial charge is 0.0619 e. The maximum absolute atomic E-state index is 2.69. The molecule has 2 heteroatoms. The highest BCUT2D eigenvalue weighted by molar-refractivity contribution is 6.30. The normalized spacial score (nSPS) is 13.2. The molecular formula is C112H76N2. The van der Waals surface area contributed by atoms with Crippen LogP contribution in [0.5, 0.6) is 0 Å². The van der Waals surface area contributed by atoms with Crippen LogP contribution in [0.3, 0.4) is 0 Å². The third-order valence-electron chi connectivity index (χ3n) is 25.6. The van der Waals surface area contributed by atoms with Gasteiger partial charge in [0.1, 0.15) is 0 Å². The standard InChI is InChI=1S/C112H76N2/c1-111(2)95-57-33-31-47-77(95)79-61-59-75(63-97(79)111)103-89-65-93-100(114(107(73-43-19-9-20-44-73)105(93)71-39-15-7-16-40-71)110-87-55-29-25-51-83(87)102(70-37-13-6-14-38-70)84-52-26-30-56-88(84)110)68-92(89)104(76-60-62-80-78-48-32-34-58-96(78)112(3,4)98(80)64-76)90-66-94-99(67-91(90)103)113(108(74-45-21-10-22-46-74)106(94)72-41-17-8-18-42-72)109-85-53-27-23-49-81(85)101(69-35-11-5-12-36-69)82-50-24-28-54-86(82)109/h5-68H,1-4H3. The highest BCUT2D eigenvalue weighted by Crippen LogP contribution is 2.59. The van der Waals surface area contributed by atoms with Gasteiger partial charge in [0.05, 0.1) is 33.8 Å². The van der Waals surface area contributed by atoms with Gasteiger partial charge < -0.3 is 9.13 Å². The van der Waals surface area contributed by atoms with E-state index >= 15 is 0 Å². The van der Waals surface area contributed by atoms with Gasteiger partial charge in [-0.15, -0.1) is 0 Å². The van der Waals surface area contributed by atoms with E-state index in [0.29, 0.717) is 0 Å². The molecular weight excluding hydrogens is 1370 g/mol. The van der Waals surface area contributed by atoms with Crippen LogP contribution < -0.4 is 0 Å². The Bertz CT molecular complexity index is 7020. The second-order valence-electron chi connectivity index (χ2n) is 32.4. The maximum atomic E-state index is 2.69. The summed E-state index contributed by atoms with van der Waals surface area (Å²) in [7, 11) is 0. The largest absolute Gasteiger partial charge is 0.307 e. The molecule has 0 bridgehead atoms. The van der Waals surface area contributed by atoms with E-state index in [4.69, 9.17) is 0 Å². The summed E-state index contributed by atoms with van der Waals surface area (Å²) in [6, 6.07) is 148. The van der Waals surface area contributed by atoms with Gasteiger partial charge in [0.2, 0.25) is 0 Å². The minimum atomic E-state index is -0.301. The zero-order valence-electron chi connectivity index (χ0n) is 63.8. The molecule has 0 N–H and O–H groups in total. The van der Waals surface area contributed by atoms with Crippen molar-refractivity contribution in [2.24, 2.45) is 0 Å². The summed E-state index contributed by atoms with van der Waals surface area (Å²) in [6.07, 6.45) is 0. The van der Waals surface area contributed by atoms with Crippen LogP contribution in [0.1, 0.15) is 49.9 Å². The van der Waals surface area contributed by atoms with Crippen molar-refractivity contribution in [3.8, 4) is 123 Å². The molecule has 0 spiro atoms. The summed E-state index contributed by atoms with van der Waals surface area (Å²) in [5.41, 5.74) is 33.2. The zero-order chi connectivity index (χ0) is 75.7. The molecule has 0 amide bonds. The van der Waals surface area contributed by atoms with Gasteiger partial charge in [-0.1, -0.05) is 380 Å². The van der Waals surface area contributed by atoms with Gasteiger partial charge in [0.25, 0.3) is 0 Å². The number of rotatable bonds is 10. The first-order chi connectivity index (χ1) is 56.2. The predicted molar refractivity (Wildman–Crippen MR) is 484 cm³/mol. The SMILES string of the molecule is CC1(C)c2ccccc2-c2ccc(-c3c4cc5c(-c6ccccc6)c(-c6ccccc6)n(-c6c7ccccc7c(-c7ccccc7)c7ccccc67)c5cc4c(-c4ccc5c(c4)C(C)(C)c4ccccc4-5)c4cc5c(-c6ccccc6)c(-c6ccccc6)n(-c6c7ccccc7c(-c7ccccc7)c7ccccc67)c5cc34)cc21. The van der Waals surface area contributed by atoms with Crippen LogP contribution in [0.2, 0.25) is 0 Å². The lowest BCUT2D eigenvalue weighted by molar-refractivity contribution is 0.660. The van der Waals surface area contributed by atoms with E-state index in [1.54, 1.807) is 0 Å². The first kappa shape index (κ1) is 65.7. The maximum Gasteiger partial charge on any atom is 0.0619 e. The van der Waals surface area contributed by atoms with Gasteiger partial charge in [-0.3, -0.25) is 0 Å². The Balaban J connectivity index is 0.970. The highest BCUT2D eigenvalue weighted by Gasteiger charge is 2.39. The van der Waals surface area contributed by atoms with E-state index in [2.05, 4.69) is 425 Å². The number of benzene rings is 19. The lowest BCUT2D eigenvalue weighted by atomic mass is 9.79. The highest BCUT2D eigenvalue weighted by atomic mass is 15.0. The molecule has 114 heavy (non-hydrogen) atoms. The third-order valence-corrected chi connectivity index (χ3v) is 25.6. The number of aromatic nitrogens is 2. The molecule has 0 saturated carbocycles. The van der Waals surface area contributed by atoms with Gasteiger partial charge >= 0.3 is 0 Å². The first-order valence-electron chi connectivity index (χ1n) is 40.1. The van der Waals surface area contributed by atoms with E-state index < -0.39 is 0 Å². The molecule has 2 heterocycles. The monoisotopic (exact) mass is 1450 g/mol. The Kier molecular flexibility index (Phi) is 14.5. The van der Waals surface area contributed by atoms with E-state index in [1.165, 1.54) is 165 Å². The fourth-order valence-corrected chi connectivity index (χ4v) is 20.6. The van der Waals surface area contributed by atoms with Gasteiger partial charge in [-0.2, -0.15) is 0 Å². The second kappa shape index (κ2) is 25.2. The Labute approximate surface area is 663 Å². The molecule has 0 unspecified atom stereocenters. The molecule has 0 aliphatic heterocycles. The van der Waals surface area contributed by atoms with E-state index in [9.17, 15) is 0 Å². The number of fused-ring (bicyclic) bond motifs is 14. The van der Waals surface area contributed by atoms with Crippen LogP contribution >= 0.6 is 0 Å². The summed E-state index contributed by atoms with van der Waals surface area (Å²) >= 11 is 0. The summed E-state index contributed by atoms with van der Waals surface area (Å²) in [4.78, 5) is 0. The van der Waals surface area contributed by atoms with E-state index in [-0.39, 0.29) is 10.8 Å². The molecule has 2 nitrogen and oxygen atoms in total. The molecule has 2 aliphatic rings. The fourth-order valence-electron chi connectivity index (χ4n) is 20.6. The Morgan fingerprint density at radius 1 is 0.167 bits per heavy atom. The molecule has 23 rings (SSSR count). The van der Waals surface area contributed by atoms with E-state index in [1.807, 2.05) is 0 Å². The van der Waals surface area contributed by atoms with Crippen LogP contribution in [-0.4, -0.2) is 9.13 Å². The number of nitrogens with zero attached hydrogens (tertiary/aromatic N) is 2. The van der Waals surface area contributed by atoms with Crippen molar-refractivity contribution in [3.63, 3.8) is 0 Å². The van der Waals surface area contributed by atoms with Crippen molar-refractivity contribution in [1.29, 1.82) is 0 Å². The quantitative estimate of drug-likeness (QED) is 0.121. The van der Waals surface area contributed by atoms with Gasteiger partial charge in [-0.05, 0) is 191 Å². The fraction of sp³-hybridized carbons (Fsp3) is 0.0536. The summed E-state index contributed by atoms with van der Waals surface area (Å²) < 4.78 is 5.38. The van der Waals surface area contributed by atoms with Crippen LogP contribution in [0.4, 0.5) is 0 Å². The summed E-state index contributed by atoms with van der Waals surface area (Å²) in [6.45, 7) is 9.73. The molecule has 2 aromatic heterocycles. The van der Waals surface area contributed by atoms with Crippen LogP contribution in [0, 0.1) is 0 Å². The Morgan fingerprint density at radius 3 is 0.737 bits per heavy atom. The average Bonchev–Trinajstić information content (AvgIpc) is 1.47. The first-order valence-corrected chi connectivity index (χ1v) is 40.1. The summed E-state index contributed by atoms with van der Waals surface area (Å²) in [5, 5.41) is 16.5. The van der Waals surface area contributed by atoms with Gasteiger partial charge in [-0.25, -0.2) is 0 Å². The lowest BCUT2D eigenvalue weighted by Crippen LogP contribution is -2.15. The molecule has 0 saturated heterocycles. The number of hydrogen-bond acceptors (Lipinski definition) is 0. The third kappa shape index (κ3) is 9.55. The molecule has 534 valence electrons. The Hall–Kier alpha value is -14.2. The topological polar surface area (TPSA) is 9.86 Å². The summed E-state index contributed by atoms with van der Waals surface area (Å²) in [5.74, 6) is 0. The van der Waals surface area contributed by atoms with Crippen molar-refractivity contribution in [3.05, 3.63) is 411 Å². The lowest BCUT2D eigenvalue weighted by Gasteiger charge is -2.25. The molecule has 0 atom stereocenters. The van der Waals surface area contributed by atoms with Crippen LogP contribution in [-0.2, 0) is 10.8 Å². The van der Waals surface area contributed by atoms with Crippen molar-refractivity contribution >= 4 is 86.4 Å². The van der Waals surface area contributed by atoms with Crippen LogP contribution in [0.15, 0.2) is 388 Å². The molecule has 21 aromatic rings. The molecule has 19 aromatic carbocycles. The molecule has 2 aliphatic carbocycles. The minimum Gasteiger partial charge on any atom is -0.307 e. The second-order valence-corrected chi connectivity index (χ2v) is 32.4. The Morgan fingerprint density at radius 2 is 0.412 bits per heavy atom. The molecule has 0 radical (unpaired) electrons. The van der Waals surface area contributed by atoms with Gasteiger partial charge in [0, 0.05) is 54.3 Å². The number of hydrogen-bond donors (Lipinski definition) is 0. The zero-order valence-corrected chi connectivity index (χ0v) is 63.8. The van der Waals surface area contributed by atoms with E-state index in [0.717, 1.165) is 66.8 Å². The van der Waals surface area contributed by atoms with Crippen molar-refractivity contribution in [2.75, 3.05) is 0 Å². The van der Waals surface area contributed by atoms with Gasteiger partial charge in [0.15, 0.2) is 0 Å². The van der Waals surface area contributed by atoms with Crippen LogP contribution in [0.25, 0.3) is 209 Å². The van der Waals surface area contributed by atoms with Crippen molar-refractivity contribution in [1.82, 2.24) is 9.13 Å². The minimum absolute atomic E-state index is 0.301. The molecule has 0 fully saturated rings. The van der Waals surface area contributed by atoms with Crippen molar-refractivity contribution in [2.45, 2.75) is 38.5 Å². The average molecular weight is 1450 g/mol. The van der Waals surface area contributed by atoms with Crippen molar-refractivity contribution < 1.29 is 0 Å². The predicted octanol–water partition coefficient (Wildman–Crippen LogP) is 30.4.